The Morgan fingerprint density at radius 2 is 2.06 bits per heavy atom. The van der Waals surface area contributed by atoms with E-state index in [-0.39, 0.29) is 29.3 Å². The first-order chi connectivity index (χ1) is 15.0. The van der Waals surface area contributed by atoms with Gasteiger partial charge in [-0.05, 0) is 37.1 Å². The SMILES string of the molecule is COc1cc(F)c2c(NC3CCCCC3N)c(Nc3ncccc3C(N)=O)ccc2n1. The van der Waals surface area contributed by atoms with Gasteiger partial charge in [0.15, 0.2) is 0 Å². The van der Waals surface area contributed by atoms with Crippen molar-refractivity contribution in [2.45, 2.75) is 37.8 Å². The van der Waals surface area contributed by atoms with Crippen LogP contribution in [0.5, 0.6) is 5.88 Å². The highest BCUT2D eigenvalue weighted by Crippen LogP contribution is 2.37. The molecule has 9 heteroatoms. The van der Waals surface area contributed by atoms with Crippen LogP contribution >= 0.6 is 0 Å². The number of hydrogen-bond donors (Lipinski definition) is 4. The van der Waals surface area contributed by atoms with Crippen LogP contribution < -0.4 is 26.8 Å². The quantitative estimate of drug-likeness (QED) is 0.478. The summed E-state index contributed by atoms with van der Waals surface area (Å²) < 4.78 is 20.3. The van der Waals surface area contributed by atoms with Crippen LogP contribution in [0.3, 0.4) is 0 Å². The van der Waals surface area contributed by atoms with E-state index >= 15 is 4.39 Å². The zero-order chi connectivity index (χ0) is 22.0. The number of rotatable bonds is 6. The summed E-state index contributed by atoms with van der Waals surface area (Å²) in [6.07, 6.45) is 5.43. The number of methoxy groups -OCH3 is 1. The molecule has 0 radical (unpaired) electrons. The summed E-state index contributed by atoms with van der Waals surface area (Å²) in [5, 5.41) is 6.88. The van der Waals surface area contributed by atoms with Crippen molar-refractivity contribution in [2.75, 3.05) is 17.7 Å². The standard InChI is InChI=1S/C22H25FN6O2/c1-31-18-11-13(23)19-16(27-18)8-9-17(20(19)28-15-7-3-2-6-14(15)24)29-22-12(21(25)30)5-4-10-26-22/h4-5,8-11,14-15,28H,2-3,6-7,24H2,1H3,(H2,25,30)(H,26,29). The minimum atomic E-state index is -0.613. The molecular formula is C22H25FN6O2. The first kappa shape index (κ1) is 20.8. The van der Waals surface area contributed by atoms with Gasteiger partial charge in [0, 0.05) is 24.3 Å². The van der Waals surface area contributed by atoms with Crippen molar-refractivity contribution >= 4 is 34.0 Å². The smallest absolute Gasteiger partial charge is 0.252 e. The third-order valence-corrected chi connectivity index (χ3v) is 5.59. The van der Waals surface area contributed by atoms with E-state index in [1.807, 2.05) is 0 Å². The van der Waals surface area contributed by atoms with Gasteiger partial charge in [-0.3, -0.25) is 4.79 Å². The molecule has 0 bridgehead atoms. The normalized spacial score (nSPS) is 18.5. The molecule has 2 unspecified atom stereocenters. The molecule has 162 valence electrons. The van der Waals surface area contributed by atoms with Gasteiger partial charge in [-0.2, -0.15) is 0 Å². The van der Waals surface area contributed by atoms with Crippen LogP contribution in [-0.4, -0.2) is 35.1 Å². The molecule has 1 fully saturated rings. The second kappa shape index (κ2) is 8.73. The maximum absolute atomic E-state index is 15.2. The molecule has 1 amide bonds. The Morgan fingerprint density at radius 3 is 2.81 bits per heavy atom. The predicted octanol–water partition coefficient (Wildman–Crippen LogP) is 3.30. The molecule has 0 aliphatic heterocycles. The Balaban J connectivity index is 1.84. The number of primary amides is 1. The van der Waals surface area contributed by atoms with Crippen molar-refractivity contribution < 1.29 is 13.9 Å². The van der Waals surface area contributed by atoms with Crippen molar-refractivity contribution in [3.8, 4) is 5.88 Å². The lowest BCUT2D eigenvalue weighted by molar-refractivity contribution is 0.100. The van der Waals surface area contributed by atoms with Crippen LogP contribution in [-0.2, 0) is 0 Å². The molecule has 1 aromatic carbocycles. The maximum atomic E-state index is 15.2. The van der Waals surface area contributed by atoms with Gasteiger partial charge in [0.2, 0.25) is 5.88 Å². The molecular weight excluding hydrogens is 399 g/mol. The third-order valence-electron chi connectivity index (χ3n) is 5.59. The summed E-state index contributed by atoms with van der Waals surface area (Å²) in [5.41, 5.74) is 13.5. The zero-order valence-electron chi connectivity index (χ0n) is 17.2. The molecule has 2 atom stereocenters. The molecule has 2 aromatic heterocycles. The number of benzene rings is 1. The molecule has 8 nitrogen and oxygen atoms in total. The molecule has 1 saturated carbocycles. The highest BCUT2D eigenvalue weighted by molar-refractivity contribution is 6.02. The molecule has 2 heterocycles. The maximum Gasteiger partial charge on any atom is 0.252 e. The Bertz CT molecular complexity index is 1120. The number of ether oxygens (including phenoxy) is 1. The summed E-state index contributed by atoms with van der Waals surface area (Å²) >= 11 is 0. The number of hydrogen-bond acceptors (Lipinski definition) is 7. The number of nitrogens with two attached hydrogens (primary N) is 2. The van der Waals surface area contributed by atoms with Crippen LogP contribution in [0, 0.1) is 5.82 Å². The number of amides is 1. The minimum Gasteiger partial charge on any atom is -0.481 e. The monoisotopic (exact) mass is 424 g/mol. The minimum absolute atomic E-state index is 0.0271. The summed E-state index contributed by atoms with van der Waals surface area (Å²) in [4.78, 5) is 20.4. The lowest BCUT2D eigenvalue weighted by Crippen LogP contribution is -2.42. The van der Waals surface area contributed by atoms with Gasteiger partial charge in [-0.15, -0.1) is 0 Å². The fourth-order valence-corrected chi connectivity index (χ4v) is 3.97. The second-order valence-electron chi connectivity index (χ2n) is 7.62. The highest BCUT2D eigenvalue weighted by Gasteiger charge is 2.25. The molecule has 6 N–H and O–H groups in total. The topological polar surface area (TPSA) is 128 Å². The van der Waals surface area contributed by atoms with Crippen LogP contribution in [0.1, 0.15) is 36.0 Å². The number of carbonyl (C=O) groups excluding carboxylic acids is 1. The van der Waals surface area contributed by atoms with Crippen LogP contribution in [0.15, 0.2) is 36.5 Å². The first-order valence-corrected chi connectivity index (χ1v) is 10.2. The Labute approximate surface area is 179 Å². The number of halogens is 1. The predicted molar refractivity (Wildman–Crippen MR) is 118 cm³/mol. The number of nitrogens with zero attached hydrogens (tertiary/aromatic N) is 2. The van der Waals surface area contributed by atoms with Gasteiger partial charge >= 0.3 is 0 Å². The molecule has 1 aliphatic rings. The Morgan fingerprint density at radius 1 is 1.26 bits per heavy atom. The van der Waals surface area contributed by atoms with Gasteiger partial charge in [0.05, 0.1) is 35.0 Å². The number of nitrogens with one attached hydrogen (secondary N) is 2. The fraction of sp³-hybridized carbons (Fsp3) is 0.318. The number of carbonyl (C=O) groups is 1. The molecule has 3 aromatic rings. The second-order valence-corrected chi connectivity index (χ2v) is 7.62. The van der Waals surface area contributed by atoms with Crippen LogP contribution in [0.25, 0.3) is 10.9 Å². The molecule has 0 saturated heterocycles. The van der Waals surface area contributed by atoms with E-state index in [0.29, 0.717) is 22.3 Å². The van der Waals surface area contributed by atoms with Crippen molar-refractivity contribution in [3.63, 3.8) is 0 Å². The average molecular weight is 424 g/mol. The number of fused-ring (bicyclic) bond motifs is 1. The summed E-state index contributed by atoms with van der Waals surface area (Å²) in [7, 11) is 1.44. The highest BCUT2D eigenvalue weighted by atomic mass is 19.1. The van der Waals surface area contributed by atoms with Gasteiger partial charge < -0.3 is 26.8 Å². The van der Waals surface area contributed by atoms with E-state index in [9.17, 15) is 4.79 Å². The lowest BCUT2D eigenvalue weighted by atomic mass is 9.90. The van der Waals surface area contributed by atoms with E-state index < -0.39 is 11.7 Å². The van der Waals surface area contributed by atoms with E-state index in [1.54, 1.807) is 30.5 Å². The number of anilines is 3. The van der Waals surface area contributed by atoms with Crippen molar-refractivity contribution in [2.24, 2.45) is 11.5 Å². The molecule has 4 rings (SSSR count). The lowest BCUT2D eigenvalue weighted by Gasteiger charge is -2.31. The van der Waals surface area contributed by atoms with Gasteiger partial charge in [0.25, 0.3) is 5.91 Å². The van der Waals surface area contributed by atoms with Crippen molar-refractivity contribution in [3.05, 3.63) is 47.9 Å². The fourth-order valence-electron chi connectivity index (χ4n) is 3.97. The van der Waals surface area contributed by atoms with Gasteiger partial charge in [-0.25, -0.2) is 14.4 Å². The third kappa shape index (κ3) is 4.22. The Kier molecular flexibility index (Phi) is 5.85. The van der Waals surface area contributed by atoms with Crippen molar-refractivity contribution in [1.29, 1.82) is 0 Å². The van der Waals surface area contributed by atoms with E-state index in [1.165, 1.54) is 13.2 Å². The summed E-state index contributed by atoms with van der Waals surface area (Å²) in [5.74, 6) is -0.620. The molecule has 1 aliphatic carbocycles. The number of aromatic nitrogens is 2. The van der Waals surface area contributed by atoms with E-state index in [4.69, 9.17) is 16.2 Å². The average Bonchev–Trinajstić information content (AvgIpc) is 2.76. The zero-order valence-corrected chi connectivity index (χ0v) is 17.2. The van der Waals surface area contributed by atoms with Crippen LogP contribution in [0.4, 0.5) is 21.6 Å². The molecule has 31 heavy (non-hydrogen) atoms. The van der Waals surface area contributed by atoms with Crippen molar-refractivity contribution in [1.82, 2.24) is 9.97 Å². The largest absolute Gasteiger partial charge is 0.481 e. The number of pyridine rings is 2. The van der Waals surface area contributed by atoms with Crippen LogP contribution in [0.2, 0.25) is 0 Å². The van der Waals surface area contributed by atoms with Gasteiger partial charge in [-0.1, -0.05) is 12.8 Å². The Hall–Kier alpha value is -3.46. The first-order valence-electron chi connectivity index (χ1n) is 10.2. The van der Waals surface area contributed by atoms with E-state index in [0.717, 1.165) is 25.7 Å². The molecule has 0 spiro atoms. The van der Waals surface area contributed by atoms with E-state index in [2.05, 4.69) is 20.6 Å². The summed E-state index contributed by atoms with van der Waals surface area (Å²) in [6.45, 7) is 0. The summed E-state index contributed by atoms with van der Waals surface area (Å²) in [6, 6.07) is 7.81. The van der Waals surface area contributed by atoms with Gasteiger partial charge in [0.1, 0.15) is 11.6 Å².